The second-order valence-corrected chi connectivity index (χ2v) is 6.77. The Morgan fingerprint density at radius 3 is 2.48 bits per heavy atom. The van der Waals surface area contributed by atoms with E-state index in [0.29, 0.717) is 28.9 Å². The van der Waals surface area contributed by atoms with E-state index in [1.165, 1.54) is 24.4 Å². The molecule has 0 radical (unpaired) electrons. The molecule has 0 aliphatic carbocycles. The van der Waals surface area contributed by atoms with Crippen LogP contribution in [0.25, 0.3) is 11.3 Å². The van der Waals surface area contributed by atoms with E-state index < -0.39 is 17.7 Å². The number of carboxylic acid groups (broad SMARTS) is 1. The number of carbonyl (C=O) groups is 1. The molecule has 2 aromatic carbocycles. The fourth-order valence-electron chi connectivity index (χ4n) is 3.08. The molecule has 3 rings (SSSR count). The largest absolute Gasteiger partial charge is 0.492 e. The van der Waals surface area contributed by atoms with Crippen molar-refractivity contribution in [1.82, 2.24) is 4.98 Å². The van der Waals surface area contributed by atoms with Gasteiger partial charge in [0, 0.05) is 18.2 Å². The third kappa shape index (κ3) is 5.01. The van der Waals surface area contributed by atoms with Crippen LogP contribution in [0.5, 0.6) is 5.75 Å². The van der Waals surface area contributed by atoms with Crippen molar-refractivity contribution < 1.29 is 27.8 Å². The van der Waals surface area contributed by atoms with Crippen LogP contribution in [0, 0.1) is 18.3 Å². The fraction of sp³-hybridized carbons (Fsp3) is 0.174. The van der Waals surface area contributed by atoms with Crippen LogP contribution in [0.1, 0.15) is 32.6 Å². The van der Waals surface area contributed by atoms with Gasteiger partial charge in [0.15, 0.2) is 0 Å². The number of benzene rings is 2. The van der Waals surface area contributed by atoms with Crippen molar-refractivity contribution >= 4 is 5.97 Å². The van der Waals surface area contributed by atoms with E-state index >= 15 is 0 Å². The molecule has 0 amide bonds. The van der Waals surface area contributed by atoms with Crippen molar-refractivity contribution in [2.45, 2.75) is 19.5 Å². The summed E-state index contributed by atoms with van der Waals surface area (Å²) in [6, 6.07) is 13.1. The molecule has 0 saturated carbocycles. The highest BCUT2D eigenvalue weighted by molar-refractivity contribution is 5.96. The van der Waals surface area contributed by atoms with E-state index in [4.69, 9.17) is 4.74 Å². The summed E-state index contributed by atoms with van der Waals surface area (Å²) in [6.07, 6.45) is -2.53. The Morgan fingerprint density at radius 2 is 1.87 bits per heavy atom. The number of carboxylic acids is 1. The van der Waals surface area contributed by atoms with Gasteiger partial charge in [0.05, 0.1) is 29.0 Å². The zero-order valence-electron chi connectivity index (χ0n) is 16.4. The average molecular weight is 426 g/mol. The highest BCUT2D eigenvalue weighted by Crippen LogP contribution is 2.30. The maximum Gasteiger partial charge on any atom is 0.416 e. The highest BCUT2D eigenvalue weighted by Gasteiger charge is 2.29. The summed E-state index contributed by atoms with van der Waals surface area (Å²) in [5.41, 5.74) is 1.47. The number of aryl methyl sites for hydroxylation is 1. The van der Waals surface area contributed by atoms with Gasteiger partial charge in [0.2, 0.25) is 0 Å². The maximum absolute atomic E-state index is 12.6. The van der Waals surface area contributed by atoms with Gasteiger partial charge in [-0.2, -0.15) is 18.4 Å². The molecule has 0 aliphatic rings. The van der Waals surface area contributed by atoms with Gasteiger partial charge < -0.3 is 9.84 Å². The van der Waals surface area contributed by atoms with Crippen LogP contribution in [-0.4, -0.2) is 22.7 Å². The molecule has 1 N–H and O–H groups in total. The lowest BCUT2D eigenvalue weighted by atomic mass is 10.00. The van der Waals surface area contributed by atoms with E-state index in [0.717, 1.165) is 12.1 Å². The lowest BCUT2D eigenvalue weighted by Gasteiger charge is -2.12. The molecule has 0 unspecified atom stereocenters. The van der Waals surface area contributed by atoms with Crippen LogP contribution in [0.2, 0.25) is 0 Å². The Balaban J connectivity index is 1.75. The zero-order chi connectivity index (χ0) is 22.6. The number of ether oxygens (including phenoxy) is 1. The monoisotopic (exact) mass is 426 g/mol. The molecule has 5 nitrogen and oxygen atoms in total. The van der Waals surface area contributed by atoms with Gasteiger partial charge in [0.1, 0.15) is 11.8 Å². The van der Waals surface area contributed by atoms with Crippen molar-refractivity contribution in [3.8, 4) is 23.1 Å². The quantitative estimate of drug-likeness (QED) is 0.581. The number of nitrogens with zero attached hydrogens (tertiary/aromatic N) is 2. The number of halogens is 3. The van der Waals surface area contributed by atoms with Crippen molar-refractivity contribution in [2.75, 3.05) is 6.61 Å². The third-order valence-corrected chi connectivity index (χ3v) is 4.68. The first-order valence-electron chi connectivity index (χ1n) is 9.23. The van der Waals surface area contributed by atoms with Gasteiger partial charge in [-0.25, -0.2) is 4.79 Å². The van der Waals surface area contributed by atoms with Gasteiger partial charge in [0.25, 0.3) is 0 Å². The van der Waals surface area contributed by atoms with E-state index in [-0.39, 0.29) is 23.4 Å². The van der Waals surface area contributed by atoms with E-state index in [9.17, 15) is 28.3 Å². The van der Waals surface area contributed by atoms with Crippen LogP contribution in [0.4, 0.5) is 13.2 Å². The minimum Gasteiger partial charge on any atom is -0.492 e. The van der Waals surface area contributed by atoms with Crippen LogP contribution in [-0.2, 0) is 12.6 Å². The fourth-order valence-corrected chi connectivity index (χ4v) is 3.08. The normalized spacial score (nSPS) is 11.1. The molecule has 0 saturated heterocycles. The van der Waals surface area contributed by atoms with Gasteiger partial charge in [-0.3, -0.25) is 4.98 Å². The minimum atomic E-state index is -4.38. The molecule has 0 spiro atoms. The number of alkyl halides is 3. The van der Waals surface area contributed by atoms with Gasteiger partial charge >= 0.3 is 12.1 Å². The SMILES string of the molecule is Cc1ccnc(-c2ccc(OCCc3ccc(C(F)(F)F)cc3)c(C#N)c2)c1C(=O)O. The second kappa shape index (κ2) is 8.88. The van der Waals surface area contributed by atoms with Gasteiger partial charge in [-0.05, 0) is 54.4 Å². The summed E-state index contributed by atoms with van der Waals surface area (Å²) in [4.78, 5) is 15.7. The molecule has 3 aromatic rings. The Kier molecular flexibility index (Phi) is 6.25. The Morgan fingerprint density at radius 1 is 1.16 bits per heavy atom. The number of hydrogen-bond acceptors (Lipinski definition) is 4. The van der Waals surface area contributed by atoms with E-state index in [1.54, 1.807) is 25.1 Å². The molecule has 31 heavy (non-hydrogen) atoms. The second-order valence-electron chi connectivity index (χ2n) is 6.77. The summed E-state index contributed by atoms with van der Waals surface area (Å²) in [6.45, 7) is 1.82. The minimum absolute atomic E-state index is 0.0577. The molecule has 1 heterocycles. The smallest absolute Gasteiger partial charge is 0.416 e. The molecule has 158 valence electrons. The van der Waals surface area contributed by atoms with Crippen LogP contribution < -0.4 is 4.74 Å². The van der Waals surface area contributed by atoms with Crippen molar-refractivity contribution in [1.29, 1.82) is 5.26 Å². The Bertz CT molecular complexity index is 1150. The predicted octanol–water partition coefficient (Wildman–Crippen LogP) is 5.27. The number of pyridine rings is 1. The number of rotatable bonds is 6. The molecule has 0 fully saturated rings. The Hall–Kier alpha value is -3.86. The third-order valence-electron chi connectivity index (χ3n) is 4.68. The number of aromatic nitrogens is 1. The molecule has 0 atom stereocenters. The van der Waals surface area contributed by atoms with Crippen molar-refractivity contribution in [3.63, 3.8) is 0 Å². The summed E-state index contributed by atoms with van der Waals surface area (Å²) in [7, 11) is 0. The molecular weight excluding hydrogens is 409 g/mol. The number of nitriles is 1. The lowest BCUT2D eigenvalue weighted by Crippen LogP contribution is -2.06. The topological polar surface area (TPSA) is 83.2 Å². The summed E-state index contributed by atoms with van der Waals surface area (Å²) in [5, 5.41) is 19.0. The molecule has 0 bridgehead atoms. The van der Waals surface area contributed by atoms with Crippen LogP contribution in [0.15, 0.2) is 54.7 Å². The number of aromatic carboxylic acids is 1. The molecular formula is C23H17F3N2O3. The first-order chi connectivity index (χ1) is 14.7. The predicted molar refractivity (Wildman–Crippen MR) is 107 cm³/mol. The maximum atomic E-state index is 12.6. The average Bonchev–Trinajstić information content (AvgIpc) is 2.73. The Labute approximate surface area is 176 Å². The summed E-state index contributed by atoms with van der Waals surface area (Å²) >= 11 is 0. The van der Waals surface area contributed by atoms with Crippen LogP contribution >= 0.6 is 0 Å². The molecule has 1 aromatic heterocycles. The highest BCUT2D eigenvalue weighted by atomic mass is 19.4. The van der Waals surface area contributed by atoms with Gasteiger partial charge in [-0.1, -0.05) is 12.1 Å². The molecule has 0 aliphatic heterocycles. The first kappa shape index (κ1) is 21.8. The van der Waals surface area contributed by atoms with Gasteiger partial charge in [-0.15, -0.1) is 0 Å². The van der Waals surface area contributed by atoms with Crippen LogP contribution in [0.3, 0.4) is 0 Å². The number of hydrogen-bond donors (Lipinski definition) is 1. The standard InChI is InChI=1S/C23H17F3N2O3/c1-14-8-10-28-21(20(14)22(29)30)16-4-7-19(17(12-16)13-27)31-11-9-15-2-5-18(6-3-15)23(24,25)26/h2-8,10,12H,9,11H2,1H3,(H,29,30). The molecule has 8 heteroatoms. The first-order valence-corrected chi connectivity index (χ1v) is 9.23. The van der Waals surface area contributed by atoms with E-state index in [2.05, 4.69) is 4.98 Å². The zero-order valence-corrected chi connectivity index (χ0v) is 16.4. The van der Waals surface area contributed by atoms with E-state index in [1.807, 2.05) is 6.07 Å². The summed E-state index contributed by atoms with van der Waals surface area (Å²) < 4.78 is 43.5. The summed E-state index contributed by atoms with van der Waals surface area (Å²) in [5.74, 6) is -0.821. The lowest BCUT2D eigenvalue weighted by molar-refractivity contribution is -0.137. The van der Waals surface area contributed by atoms with Crippen molar-refractivity contribution in [3.05, 3.63) is 82.5 Å². The van der Waals surface area contributed by atoms with Crippen molar-refractivity contribution in [2.24, 2.45) is 0 Å².